The molecule has 0 spiro atoms. The van der Waals surface area contributed by atoms with Crippen LogP contribution in [0.2, 0.25) is 0 Å². The zero-order valence-electron chi connectivity index (χ0n) is 8.41. The second kappa shape index (κ2) is 3.46. The van der Waals surface area contributed by atoms with Crippen molar-refractivity contribution in [2.45, 2.75) is 20.0 Å². The van der Waals surface area contributed by atoms with E-state index in [1.54, 1.807) is 4.90 Å². The van der Waals surface area contributed by atoms with Crippen LogP contribution in [-0.4, -0.2) is 23.9 Å². The fourth-order valence-electron chi connectivity index (χ4n) is 1.75. The number of carbonyl (C=O) groups is 1. The van der Waals surface area contributed by atoms with Crippen molar-refractivity contribution in [2.75, 3.05) is 13.1 Å². The van der Waals surface area contributed by atoms with Crippen molar-refractivity contribution < 1.29 is 9.21 Å². The van der Waals surface area contributed by atoms with E-state index in [0.717, 1.165) is 11.5 Å². The van der Waals surface area contributed by atoms with Gasteiger partial charge in [0.05, 0.1) is 6.54 Å². The Labute approximate surface area is 82.9 Å². The highest BCUT2D eigenvalue weighted by Crippen LogP contribution is 2.23. The first kappa shape index (κ1) is 9.27. The maximum Gasteiger partial charge on any atom is 0.238 e. The van der Waals surface area contributed by atoms with E-state index in [4.69, 9.17) is 4.42 Å². The molecule has 1 atom stereocenters. The molecule has 1 aliphatic heterocycles. The molecular formula is C10H14N2O2. The highest BCUT2D eigenvalue weighted by atomic mass is 16.3. The van der Waals surface area contributed by atoms with Gasteiger partial charge in [-0.2, -0.15) is 0 Å². The molecule has 76 valence electrons. The van der Waals surface area contributed by atoms with Gasteiger partial charge in [0.1, 0.15) is 17.7 Å². The predicted molar refractivity (Wildman–Crippen MR) is 51.6 cm³/mol. The Balaban J connectivity index is 2.22. The Morgan fingerprint density at radius 2 is 2.43 bits per heavy atom. The zero-order valence-corrected chi connectivity index (χ0v) is 8.41. The van der Waals surface area contributed by atoms with Crippen LogP contribution < -0.4 is 5.32 Å². The summed E-state index contributed by atoms with van der Waals surface area (Å²) in [5, 5.41) is 3.12. The summed E-state index contributed by atoms with van der Waals surface area (Å²) in [6, 6.07) is 3.82. The minimum absolute atomic E-state index is 0.0822. The van der Waals surface area contributed by atoms with Gasteiger partial charge in [0.15, 0.2) is 0 Å². The number of carbonyl (C=O) groups excluding carboxylic acids is 1. The molecule has 0 aliphatic carbocycles. The molecule has 1 saturated heterocycles. The molecule has 0 bridgehead atoms. The van der Waals surface area contributed by atoms with Gasteiger partial charge < -0.3 is 9.32 Å². The number of rotatable bonds is 2. The summed E-state index contributed by atoms with van der Waals surface area (Å²) in [7, 11) is 0. The normalized spacial score (nSPS) is 22.0. The fraction of sp³-hybridized carbons (Fsp3) is 0.500. The first-order chi connectivity index (χ1) is 6.72. The summed E-state index contributed by atoms with van der Waals surface area (Å²) in [6.45, 7) is 4.97. The van der Waals surface area contributed by atoms with Crippen LogP contribution in [0.3, 0.4) is 0 Å². The van der Waals surface area contributed by atoms with Crippen LogP contribution in [0.5, 0.6) is 0 Å². The molecule has 4 heteroatoms. The first-order valence-corrected chi connectivity index (χ1v) is 4.81. The maximum atomic E-state index is 11.4. The van der Waals surface area contributed by atoms with Crippen molar-refractivity contribution in [2.24, 2.45) is 0 Å². The van der Waals surface area contributed by atoms with Gasteiger partial charge in [0.25, 0.3) is 0 Å². The van der Waals surface area contributed by atoms with Gasteiger partial charge in [-0.25, -0.2) is 0 Å². The predicted octanol–water partition coefficient (Wildman–Crippen LogP) is 1.04. The second-order valence-corrected chi connectivity index (χ2v) is 3.41. The van der Waals surface area contributed by atoms with Crippen molar-refractivity contribution >= 4 is 5.91 Å². The van der Waals surface area contributed by atoms with E-state index in [2.05, 4.69) is 5.32 Å². The third kappa shape index (κ3) is 1.42. The molecule has 1 aliphatic rings. The second-order valence-electron chi connectivity index (χ2n) is 3.41. The highest BCUT2D eigenvalue weighted by molar-refractivity contribution is 5.80. The van der Waals surface area contributed by atoms with Gasteiger partial charge in [-0.3, -0.25) is 10.1 Å². The molecule has 1 N–H and O–H groups in total. The molecule has 1 aromatic rings. The lowest BCUT2D eigenvalue weighted by atomic mass is 10.3. The molecule has 2 heterocycles. The summed E-state index contributed by atoms with van der Waals surface area (Å²) >= 11 is 0. The average molecular weight is 194 g/mol. The number of hydrogen-bond donors (Lipinski definition) is 1. The number of nitrogens with zero attached hydrogens (tertiary/aromatic N) is 1. The van der Waals surface area contributed by atoms with Gasteiger partial charge in [-0.05, 0) is 26.0 Å². The van der Waals surface area contributed by atoms with Crippen molar-refractivity contribution in [1.82, 2.24) is 10.2 Å². The lowest BCUT2D eigenvalue weighted by molar-refractivity contribution is -0.128. The minimum atomic E-state index is -0.0822. The number of furan rings is 1. The van der Waals surface area contributed by atoms with Crippen molar-refractivity contribution in [3.8, 4) is 0 Å². The molecule has 1 aromatic heterocycles. The maximum absolute atomic E-state index is 11.4. The molecule has 0 radical (unpaired) electrons. The molecule has 2 rings (SSSR count). The Kier molecular flexibility index (Phi) is 2.29. The summed E-state index contributed by atoms with van der Waals surface area (Å²) in [5.41, 5.74) is 0. The van der Waals surface area contributed by atoms with Crippen LogP contribution in [0.15, 0.2) is 16.5 Å². The zero-order chi connectivity index (χ0) is 10.1. The smallest absolute Gasteiger partial charge is 0.238 e. The van der Waals surface area contributed by atoms with Crippen LogP contribution >= 0.6 is 0 Å². The highest BCUT2D eigenvalue weighted by Gasteiger charge is 2.31. The average Bonchev–Trinajstić information content (AvgIpc) is 2.71. The van der Waals surface area contributed by atoms with Crippen LogP contribution in [0, 0.1) is 6.92 Å². The number of likely N-dealkylation sites (N-methyl/N-ethyl adjacent to an activating group) is 1. The van der Waals surface area contributed by atoms with E-state index >= 15 is 0 Å². The van der Waals surface area contributed by atoms with E-state index < -0.39 is 0 Å². The third-order valence-corrected chi connectivity index (χ3v) is 2.45. The van der Waals surface area contributed by atoms with Gasteiger partial charge in [-0.15, -0.1) is 0 Å². The third-order valence-electron chi connectivity index (χ3n) is 2.45. The monoisotopic (exact) mass is 194 g/mol. The molecule has 0 aromatic carbocycles. The fourth-order valence-corrected chi connectivity index (χ4v) is 1.75. The van der Waals surface area contributed by atoms with Crippen LogP contribution in [0.4, 0.5) is 0 Å². The van der Waals surface area contributed by atoms with E-state index in [0.29, 0.717) is 13.1 Å². The Bertz CT molecular complexity index is 346. The summed E-state index contributed by atoms with van der Waals surface area (Å²) in [6.07, 6.45) is -0.0822. The lowest BCUT2D eigenvalue weighted by Crippen LogP contribution is -2.29. The molecule has 0 saturated carbocycles. The summed E-state index contributed by atoms with van der Waals surface area (Å²) in [5.74, 6) is 1.82. The molecule has 1 unspecified atom stereocenters. The van der Waals surface area contributed by atoms with Gasteiger partial charge >= 0.3 is 0 Å². The van der Waals surface area contributed by atoms with Gasteiger partial charge in [0.2, 0.25) is 5.91 Å². The van der Waals surface area contributed by atoms with Gasteiger partial charge in [-0.1, -0.05) is 0 Å². The van der Waals surface area contributed by atoms with Crippen molar-refractivity contribution in [3.63, 3.8) is 0 Å². The van der Waals surface area contributed by atoms with Crippen molar-refractivity contribution in [1.29, 1.82) is 0 Å². The number of nitrogens with one attached hydrogen (secondary N) is 1. The summed E-state index contributed by atoms with van der Waals surface area (Å²) < 4.78 is 5.49. The SMILES string of the molecule is CCN1C(=O)CNC1c1ccc(C)o1. The standard InChI is InChI=1S/C10H14N2O2/c1-3-12-9(13)6-11-10(12)8-5-4-7(2)14-8/h4-5,10-11H,3,6H2,1-2H3. The molecule has 1 fully saturated rings. The molecule has 1 amide bonds. The van der Waals surface area contributed by atoms with E-state index in [-0.39, 0.29) is 12.1 Å². The van der Waals surface area contributed by atoms with E-state index in [9.17, 15) is 4.79 Å². The minimum Gasteiger partial charge on any atom is -0.463 e. The van der Waals surface area contributed by atoms with Crippen LogP contribution in [0.25, 0.3) is 0 Å². The lowest BCUT2D eigenvalue weighted by Gasteiger charge is -2.20. The Hall–Kier alpha value is -1.29. The first-order valence-electron chi connectivity index (χ1n) is 4.81. The number of amides is 1. The quantitative estimate of drug-likeness (QED) is 0.765. The number of hydrogen-bond acceptors (Lipinski definition) is 3. The van der Waals surface area contributed by atoms with Crippen molar-refractivity contribution in [3.05, 3.63) is 23.7 Å². The van der Waals surface area contributed by atoms with E-state index in [1.165, 1.54) is 0 Å². The van der Waals surface area contributed by atoms with Crippen LogP contribution in [0.1, 0.15) is 24.6 Å². The largest absolute Gasteiger partial charge is 0.463 e. The van der Waals surface area contributed by atoms with Gasteiger partial charge in [0, 0.05) is 6.54 Å². The Morgan fingerprint density at radius 3 is 3.00 bits per heavy atom. The topological polar surface area (TPSA) is 45.5 Å². The molecule has 4 nitrogen and oxygen atoms in total. The van der Waals surface area contributed by atoms with Crippen LogP contribution in [-0.2, 0) is 4.79 Å². The molecular weight excluding hydrogens is 180 g/mol. The Morgan fingerprint density at radius 1 is 1.64 bits per heavy atom. The molecule has 14 heavy (non-hydrogen) atoms. The van der Waals surface area contributed by atoms with E-state index in [1.807, 2.05) is 26.0 Å². The summed E-state index contributed by atoms with van der Waals surface area (Å²) in [4.78, 5) is 13.2. The number of aryl methyl sites for hydroxylation is 1.